The zero-order chi connectivity index (χ0) is 14.9. The molecule has 3 rings (SSSR count). The third-order valence-corrected chi connectivity index (χ3v) is 4.64. The van der Waals surface area contributed by atoms with Crippen LogP contribution < -0.4 is 5.73 Å². The van der Waals surface area contributed by atoms with Crippen LogP contribution in [0.2, 0.25) is 0 Å². The van der Waals surface area contributed by atoms with E-state index in [1.165, 1.54) is 12.1 Å². The van der Waals surface area contributed by atoms with E-state index < -0.39 is 6.10 Å². The molecule has 2 aromatic carbocycles. The molecule has 1 saturated carbocycles. The fourth-order valence-corrected chi connectivity index (χ4v) is 3.20. The second-order valence-corrected chi connectivity index (χ2v) is 5.86. The molecule has 0 radical (unpaired) electrons. The molecule has 0 saturated heterocycles. The summed E-state index contributed by atoms with van der Waals surface area (Å²) in [4.78, 5) is 0. The molecule has 2 nitrogen and oxygen atoms in total. The number of aliphatic hydroxyl groups excluding tert-OH is 1. The van der Waals surface area contributed by atoms with Crippen LogP contribution in [0, 0.1) is 5.82 Å². The summed E-state index contributed by atoms with van der Waals surface area (Å²) in [6, 6.07) is 16.4. The van der Waals surface area contributed by atoms with Gasteiger partial charge in [0.15, 0.2) is 0 Å². The van der Waals surface area contributed by atoms with E-state index in [2.05, 4.69) is 12.1 Å². The topological polar surface area (TPSA) is 46.2 Å². The van der Waals surface area contributed by atoms with Gasteiger partial charge in [-0.05, 0) is 36.1 Å². The Kier molecular flexibility index (Phi) is 3.79. The molecule has 0 aliphatic heterocycles. The second kappa shape index (κ2) is 5.58. The minimum atomic E-state index is -0.546. The summed E-state index contributed by atoms with van der Waals surface area (Å²) in [5.41, 5.74) is 7.76. The first kappa shape index (κ1) is 14.2. The number of halogens is 1. The van der Waals surface area contributed by atoms with Crippen LogP contribution in [0.3, 0.4) is 0 Å². The molecule has 1 fully saturated rings. The maximum atomic E-state index is 13.1. The van der Waals surface area contributed by atoms with Crippen LogP contribution >= 0.6 is 0 Å². The Bertz CT molecular complexity index is 592. The van der Waals surface area contributed by atoms with E-state index in [1.807, 2.05) is 18.2 Å². The zero-order valence-electron chi connectivity index (χ0n) is 11.9. The van der Waals surface area contributed by atoms with Crippen LogP contribution in [-0.4, -0.2) is 17.8 Å². The molecule has 2 aromatic rings. The van der Waals surface area contributed by atoms with Crippen molar-refractivity contribution in [2.75, 3.05) is 6.54 Å². The Balaban J connectivity index is 1.89. The summed E-state index contributed by atoms with van der Waals surface area (Å²) in [5, 5.41) is 10.9. The van der Waals surface area contributed by atoms with Crippen LogP contribution in [0.1, 0.15) is 29.9 Å². The van der Waals surface area contributed by atoms with Gasteiger partial charge in [-0.15, -0.1) is 0 Å². The summed E-state index contributed by atoms with van der Waals surface area (Å²) in [6.45, 7) is 0.349. The molecule has 110 valence electrons. The third-order valence-electron chi connectivity index (χ3n) is 4.64. The van der Waals surface area contributed by atoms with Crippen molar-refractivity contribution in [1.29, 1.82) is 0 Å². The maximum Gasteiger partial charge on any atom is 0.123 e. The quantitative estimate of drug-likeness (QED) is 0.887. The van der Waals surface area contributed by atoms with Crippen LogP contribution in [0.25, 0.3) is 0 Å². The smallest absolute Gasteiger partial charge is 0.123 e. The SMILES string of the molecule is NCC(c1ccc(F)cc1)C(O)C1(c2ccccc2)CC1. The van der Waals surface area contributed by atoms with Crippen LogP contribution in [0.5, 0.6) is 0 Å². The summed E-state index contributed by atoms with van der Waals surface area (Å²) >= 11 is 0. The highest BCUT2D eigenvalue weighted by molar-refractivity contribution is 5.36. The predicted molar refractivity (Wildman–Crippen MR) is 81.6 cm³/mol. The number of hydrogen-bond donors (Lipinski definition) is 2. The van der Waals surface area contributed by atoms with Gasteiger partial charge in [-0.2, -0.15) is 0 Å². The van der Waals surface area contributed by atoms with Crippen LogP contribution in [0.4, 0.5) is 4.39 Å². The summed E-state index contributed by atoms with van der Waals surface area (Å²) in [7, 11) is 0. The zero-order valence-corrected chi connectivity index (χ0v) is 11.9. The molecule has 1 aliphatic rings. The normalized spacial score (nSPS) is 19.0. The monoisotopic (exact) mass is 285 g/mol. The van der Waals surface area contributed by atoms with Crippen molar-refractivity contribution in [3.8, 4) is 0 Å². The van der Waals surface area contributed by atoms with Gasteiger partial charge in [0.25, 0.3) is 0 Å². The highest BCUT2D eigenvalue weighted by atomic mass is 19.1. The van der Waals surface area contributed by atoms with Gasteiger partial charge in [-0.1, -0.05) is 42.5 Å². The lowest BCUT2D eigenvalue weighted by Crippen LogP contribution is -2.36. The first-order valence-corrected chi connectivity index (χ1v) is 7.36. The third kappa shape index (κ3) is 2.59. The highest BCUT2D eigenvalue weighted by Crippen LogP contribution is 2.53. The lowest BCUT2D eigenvalue weighted by Gasteiger charge is -2.30. The van der Waals surface area contributed by atoms with E-state index in [4.69, 9.17) is 5.73 Å². The largest absolute Gasteiger partial charge is 0.392 e. The minimum absolute atomic E-state index is 0.173. The van der Waals surface area contributed by atoms with Crippen molar-refractivity contribution in [2.24, 2.45) is 5.73 Å². The molecule has 0 heterocycles. The molecule has 0 bridgehead atoms. The molecule has 3 heteroatoms. The first-order chi connectivity index (χ1) is 10.2. The molecule has 2 unspecified atom stereocenters. The van der Waals surface area contributed by atoms with Gasteiger partial charge in [-0.3, -0.25) is 0 Å². The molecule has 0 aromatic heterocycles. The molecule has 0 spiro atoms. The van der Waals surface area contributed by atoms with E-state index in [0.29, 0.717) is 6.54 Å². The van der Waals surface area contributed by atoms with Gasteiger partial charge in [0.2, 0.25) is 0 Å². The maximum absolute atomic E-state index is 13.1. The Morgan fingerprint density at radius 3 is 2.19 bits per heavy atom. The molecular formula is C18H20FNO. The average Bonchev–Trinajstić information content (AvgIpc) is 3.32. The Morgan fingerprint density at radius 1 is 1.05 bits per heavy atom. The predicted octanol–water partition coefficient (Wildman–Crippen LogP) is 2.96. The molecule has 2 atom stereocenters. The van der Waals surface area contributed by atoms with Crippen molar-refractivity contribution < 1.29 is 9.50 Å². The standard InChI is InChI=1S/C18H20FNO/c19-15-8-6-13(7-9-15)16(12-20)17(21)18(10-11-18)14-4-2-1-3-5-14/h1-9,16-17,21H,10-12,20H2. The second-order valence-electron chi connectivity index (χ2n) is 5.86. The Morgan fingerprint density at radius 2 is 1.67 bits per heavy atom. The van der Waals surface area contributed by atoms with Gasteiger partial charge in [-0.25, -0.2) is 4.39 Å². The van der Waals surface area contributed by atoms with E-state index in [-0.39, 0.29) is 17.2 Å². The summed E-state index contributed by atoms with van der Waals surface area (Å²) < 4.78 is 13.1. The minimum Gasteiger partial charge on any atom is -0.392 e. The van der Waals surface area contributed by atoms with Gasteiger partial charge in [0.1, 0.15) is 5.82 Å². The van der Waals surface area contributed by atoms with Gasteiger partial charge >= 0.3 is 0 Å². The molecule has 0 amide bonds. The Hall–Kier alpha value is -1.71. The van der Waals surface area contributed by atoms with Gasteiger partial charge < -0.3 is 10.8 Å². The average molecular weight is 285 g/mol. The number of nitrogens with two attached hydrogens (primary N) is 1. The van der Waals surface area contributed by atoms with E-state index in [9.17, 15) is 9.50 Å². The van der Waals surface area contributed by atoms with E-state index in [0.717, 1.165) is 24.0 Å². The van der Waals surface area contributed by atoms with Crippen molar-refractivity contribution in [2.45, 2.75) is 30.3 Å². The lowest BCUT2D eigenvalue weighted by molar-refractivity contribution is 0.104. The first-order valence-electron chi connectivity index (χ1n) is 7.36. The molecule has 3 N–H and O–H groups in total. The molecule has 1 aliphatic carbocycles. The fraction of sp³-hybridized carbons (Fsp3) is 0.333. The van der Waals surface area contributed by atoms with Gasteiger partial charge in [0, 0.05) is 17.9 Å². The van der Waals surface area contributed by atoms with Crippen molar-refractivity contribution in [3.63, 3.8) is 0 Å². The van der Waals surface area contributed by atoms with Crippen molar-refractivity contribution in [3.05, 3.63) is 71.5 Å². The fourth-order valence-electron chi connectivity index (χ4n) is 3.20. The van der Waals surface area contributed by atoms with Gasteiger partial charge in [0.05, 0.1) is 6.10 Å². The van der Waals surface area contributed by atoms with Crippen LogP contribution in [0.15, 0.2) is 54.6 Å². The van der Waals surface area contributed by atoms with Crippen molar-refractivity contribution in [1.82, 2.24) is 0 Å². The van der Waals surface area contributed by atoms with E-state index >= 15 is 0 Å². The summed E-state index contributed by atoms with van der Waals surface area (Å²) in [6.07, 6.45) is 1.39. The lowest BCUT2D eigenvalue weighted by atomic mass is 9.80. The number of rotatable bonds is 5. The van der Waals surface area contributed by atoms with E-state index in [1.54, 1.807) is 12.1 Å². The molecule has 21 heavy (non-hydrogen) atoms. The number of aliphatic hydroxyl groups is 1. The number of benzene rings is 2. The highest BCUT2D eigenvalue weighted by Gasteiger charge is 2.52. The van der Waals surface area contributed by atoms with Crippen LogP contribution in [-0.2, 0) is 5.41 Å². The van der Waals surface area contributed by atoms with Crippen molar-refractivity contribution >= 4 is 0 Å². The number of hydrogen-bond acceptors (Lipinski definition) is 2. The molecular weight excluding hydrogens is 265 g/mol. The Labute approximate surface area is 124 Å². The summed E-state index contributed by atoms with van der Waals surface area (Å²) in [5.74, 6) is -0.443.